The summed E-state index contributed by atoms with van der Waals surface area (Å²) in [5.74, 6) is 0. The summed E-state index contributed by atoms with van der Waals surface area (Å²) in [6, 6.07) is 6.94. The topological polar surface area (TPSA) is 3.24 Å². The number of hydrogen-bond acceptors (Lipinski definition) is 1. The monoisotopic (exact) mass is 239 g/mol. The minimum atomic E-state index is 0.350. The van der Waals surface area contributed by atoms with E-state index in [0.29, 0.717) is 6.04 Å². The Kier molecular flexibility index (Phi) is 3.71. The van der Waals surface area contributed by atoms with Crippen molar-refractivity contribution in [3.8, 4) is 0 Å². The Morgan fingerprint density at radius 2 is 2.17 bits per heavy atom. The van der Waals surface area contributed by atoms with Crippen molar-refractivity contribution >= 4 is 5.70 Å². The molecular formula is C17H21N. The average molecular weight is 239 g/mol. The maximum Gasteiger partial charge on any atom is 0.0477 e. The third kappa shape index (κ3) is 2.26. The second kappa shape index (κ2) is 5.26. The molecule has 1 atom stereocenters. The number of nitrogens with zero attached hydrogens (tertiary/aromatic N) is 1. The highest BCUT2D eigenvalue weighted by Crippen LogP contribution is 2.34. The molecule has 2 rings (SSSR count). The molecule has 1 aliphatic rings. The molecule has 0 spiro atoms. The van der Waals surface area contributed by atoms with Crippen molar-refractivity contribution in [1.29, 1.82) is 0 Å². The summed E-state index contributed by atoms with van der Waals surface area (Å²) < 4.78 is 0. The molecule has 1 aliphatic heterocycles. The van der Waals surface area contributed by atoms with Crippen molar-refractivity contribution in [3.63, 3.8) is 0 Å². The summed E-state index contributed by atoms with van der Waals surface area (Å²) in [5, 5.41) is 0. The number of rotatable bonds is 5. The maximum atomic E-state index is 4.24. The summed E-state index contributed by atoms with van der Waals surface area (Å²) in [6.45, 7) is 15.1. The SMILES string of the molecule is C=CCCC(C=C)N1Cc2cc(C)ccc2C1=C. The molecular weight excluding hydrogens is 218 g/mol. The highest BCUT2D eigenvalue weighted by Gasteiger charge is 2.26. The van der Waals surface area contributed by atoms with E-state index in [2.05, 4.69) is 49.8 Å². The number of aryl methyl sites for hydroxylation is 1. The standard InChI is InChI=1S/C17H21N/c1-5-7-8-16(6-2)18-12-15-11-13(3)9-10-17(15)14(18)4/h5-6,9-11,16H,1-2,4,7-8,12H2,3H3. The molecule has 0 radical (unpaired) electrons. The van der Waals surface area contributed by atoms with E-state index in [0.717, 1.165) is 25.1 Å². The smallest absolute Gasteiger partial charge is 0.0477 e. The summed E-state index contributed by atoms with van der Waals surface area (Å²) in [7, 11) is 0. The van der Waals surface area contributed by atoms with Gasteiger partial charge in [-0.2, -0.15) is 0 Å². The molecule has 0 aliphatic carbocycles. The van der Waals surface area contributed by atoms with Crippen LogP contribution < -0.4 is 0 Å². The van der Waals surface area contributed by atoms with E-state index in [-0.39, 0.29) is 0 Å². The van der Waals surface area contributed by atoms with Gasteiger partial charge in [0.25, 0.3) is 0 Å². The molecule has 1 unspecified atom stereocenters. The number of benzene rings is 1. The van der Waals surface area contributed by atoms with Crippen LogP contribution in [0.5, 0.6) is 0 Å². The normalized spacial score (nSPS) is 15.4. The second-order valence-corrected chi connectivity index (χ2v) is 4.90. The van der Waals surface area contributed by atoms with Gasteiger partial charge in [0.15, 0.2) is 0 Å². The Morgan fingerprint density at radius 3 is 2.83 bits per heavy atom. The first-order valence-corrected chi connectivity index (χ1v) is 6.46. The van der Waals surface area contributed by atoms with Gasteiger partial charge in [-0.05, 0) is 25.3 Å². The van der Waals surface area contributed by atoms with E-state index in [1.807, 2.05) is 12.2 Å². The molecule has 0 saturated heterocycles. The lowest BCUT2D eigenvalue weighted by Crippen LogP contribution is -2.27. The van der Waals surface area contributed by atoms with Gasteiger partial charge in [-0.25, -0.2) is 0 Å². The van der Waals surface area contributed by atoms with Crippen LogP contribution in [0.3, 0.4) is 0 Å². The van der Waals surface area contributed by atoms with Crippen LogP contribution in [0.1, 0.15) is 29.5 Å². The van der Waals surface area contributed by atoms with Crippen molar-refractivity contribution < 1.29 is 0 Å². The third-order valence-corrected chi connectivity index (χ3v) is 3.60. The minimum Gasteiger partial charge on any atom is -0.361 e. The van der Waals surface area contributed by atoms with Crippen molar-refractivity contribution in [2.45, 2.75) is 32.4 Å². The fourth-order valence-corrected chi connectivity index (χ4v) is 2.58. The Morgan fingerprint density at radius 1 is 1.39 bits per heavy atom. The molecule has 18 heavy (non-hydrogen) atoms. The molecule has 1 heterocycles. The first kappa shape index (κ1) is 12.7. The predicted molar refractivity (Wildman–Crippen MR) is 79.2 cm³/mol. The van der Waals surface area contributed by atoms with Gasteiger partial charge in [-0.15, -0.1) is 13.2 Å². The molecule has 1 nitrogen and oxygen atoms in total. The maximum absolute atomic E-state index is 4.24. The Hall–Kier alpha value is -1.76. The van der Waals surface area contributed by atoms with Crippen LogP contribution in [0.2, 0.25) is 0 Å². The second-order valence-electron chi connectivity index (χ2n) is 4.90. The molecule has 0 bridgehead atoms. The Bertz CT molecular complexity index is 484. The van der Waals surface area contributed by atoms with Crippen molar-refractivity contribution in [3.05, 3.63) is 66.8 Å². The fourth-order valence-electron chi connectivity index (χ4n) is 2.58. The van der Waals surface area contributed by atoms with E-state index < -0.39 is 0 Å². The van der Waals surface area contributed by atoms with Gasteiger partial charge in [0.05, 0.1) is 0 Å². The van der Waals surface area contributed by atoms with Crippen LogP contribution in [0.25, 0.3) is 5.70 Å². The lowest BCUT2D eigenvalue weighted by Gasteiger charge is -2.27. The van der Waals surface area contributed by atoms with E-state index in [9.17, 15) is 0 Å². The molecule has 1 aromatic rings. The van der Waals surface area contributed by atoms with Gasteiger partial charge >= 0.3 is 0 Å². The van der Waals surface area contributed by atoms with Gasteiger partial charge in [0.2, 0.25) is 0 Å². The zero-order chi connectivity index (χ0) is 13.1. The molecule has 0 saturated carbocycles. The lowest BCUT2D eigenvalue weighted by molar-refractivity contribution is 0.334. The number of hydrogen-bond donors (Lipinski definition) is 0. The summed E-state index contributed by atoms with van der Waals surface area (Å²) in [6.07, 6.45) is 6.05. The van der Waals surface area contributed by atoms with Crippen LogP contribution in [0.15, 0.2) is 50.1 Å². The van der Waals surface area contributed by atoms with Crippen LogP contribution in [0, 0.1) is 6.92 Å². The van der Waals surface area contributed by atoms with E-state index in [1.165, 1.54) is 16.7 Å². The third-order valence-electron chi connectivity index (χ3n) is 3.60. The van der Waals surface area contributed by atoms with Crippen LogP contribution >= 0.6 is 0 Å². The first-order chi connectivity index (χ1) is 8.67. The highest BCUT2D eigenvalue weighted by molar-refractivity contribution is 5.69. The van der Waals surface area contributed by atoms with Gasteiger partial charge in [0, 0.05) is 23.8 Å². The molecule has 0 fully saturated rings. The van der Waals surface area contributed by atoms with Gasteiger partial charge in [-0.1, -0.05) is 42.5 Å². The lowest BCUT2D eigenvalue weighted by atomic mass is 10.1. The van der Waals surface area contributed by atoms with Crippen LogP contribution in [0.4, 0.5) is 0 Å². The van der Waals surface area contributed by atoms with Gasteiger partial charge in [0.1, 0.15) is 0 Å². The van der Waals surface area contributed by atoms with E-state index in [1.54, 1.807) is 0 Å². The van der Waals surface area contributed by atoms with E-state index >= 15 is 0 Å². The minimum absolute atomic E-state index is 0.350. The summed E-state index contributed by atoms with van der Waals surface area (Å²) >= 11 is 0. The van der Waals surface area contributed by atoms with E-state index in [4.69, 9.17) is 0 Å². The number of fused-ring (bicyclic) bond motifs is 1. The van der Waals surface area contributed by atoms with Crippen molar-refractivity contribution in [2.75, 3.05) is 0 Å². The summed E-state index contributed by atoms with van der Waals surface area (Å²) in [5.41, 5.74) is 5.10. The average Bonchev–Trinajstić information content (AvgIpc) is 2.67. The Labute approximate surface area is 110 Å². The van der Waals surface area contributed by atoms with Crippen LogP contribution in [-0.4, -0.2) is 10.9 Å². The number of allylic oxidation sites excluding steroid dienone is 1. The van der Waals surface area contributed by atoms with Gasteiger partial charge in [-0.3, -0.25) is 0 Å². The predicted octanol–water partition coefficient (Wildman–Crippen LogP) is 4.30. The summed E-state index contributed by atoms with van der Waals surface area (Å²) in [4.78, 5) is 2.35. The van der Waals surface area contributed by atoms with Crippen LogP contribution in [-0.2, 0) is 6.54 Å². The quantitative estimate of drug-likeness (QED) is 0.692. The molecule has 0 amide bonds. The Balaban J connectivity index is 2.21. The first-order valence-electron chi connectivity index (χ1n) is 6.46. The molecule has 1 aromatic carbocycles. The molecule has 0 aromatic heterocycles. The largest absolute Gasteiger partial charge is 0.361 e. The highest BCUT2D eigenvalue weighted by atomic mass is 15.2. The zero-order valence-corrected chi connectivity index (χ0v) is 11.2. The molecule has 0 N–H and O–H groups in total. The van der Waals surface area contributed by atoms with Gasteiger partial charge < -0.3 is 4.90 Å². The van der Waals surface area contributed by atoms with Crippen molar-refractivity contribution in [1.82, 2.24) is 4.90 Å². The van der Waals surface area contributed by atoms with Crippen molar-refractivity contribution in [2.24, 2.45) is 0 Å². The molecule has 94 valence electrons. The fraction of sp³-hybridized carbons (Fsp3) is 0.294. The molecule has 1 heteroatoms. The zero-order valence-electron chi connectivity index (χ0n) is 11.2.